The molecule has 1 aliphatic carbocycles. The van der Waals surface area contributed by atoms with Gasteiger partial charge in [-0.25, -0.2) is 4.98 Å². The average Bonchev–Trinajstić information content (AvgIpc) is 3.56. The highest BCUT2D eigenvalue weighted by molar-refractivity contribution is 6.31. The van der Waals surface area contributed by atoms with Crippen LogP contribution in [-0.2, 0) is 16.1 Å². The Bertz CT molecular complexity index is 2150. The number of benzene rings is 2. The van der Waals surface area contributed by atoms with Gasteiger partial charge in [-0.1, -0.05) is 45.4 Å². The molecule has 1 aromatic heterocycles. The van der Waals surface area contributed by atoms with E-state index in [1.807, 2.05) is 24.3 Å². The zero-order valence-corrected chi connectivity index (χ0v) is 35.1. The van der Waals surface area contributed by atoms with Crippen molar-refractivity contribution < 1.29 is 23.9 Å². The van der Waals surface area contributed by atoms with Crippen LogP contribution in [0.15, 0.2) is 54.7 Å². The number of hydrogen-bond acceptors (Lipinski definition) is 10. The van der Waals surface area contributed by atoms with Crippen molar-refractivity contribution in [2.75, 3.05) is 55.6 Å². The molecule has 5 aliphatic rings. The molecule has 3 aromatic rings. The molecule has 8 rings (SSSR count). The van der Waals surface area contributed by atoms with Gasteiger partial charge in [0.25, 0.3) is 11.8 Å². The molecule has 0 spiro atoms. The Labute approximate surface area is 351 Å². The number of imide groups is 1. The van der Waals surface area contributed by atoms with Crippen LogP contribution in [-0.4, -0.2) is 102 Å². The number of nitrogens with zero attached hydrogens (tertiary/aromatic N) is 6. The molecular formula is C45H53ClN8O5. The summed E-state index contributed by atoms with van der Waals surface area (Å²) in [5.41, 5.74) is 2.83. The van der Waals surface area contributed by atoms with E-state index in [4.69, 9.17) is 21.3 Å². The zero-order chi connectivity index (χ0) is 41.6. The number of hydrogen-bond donors (Lipinski definition) is 2. The van der Waals surface area contributed by atoms with E-state index in [-0.39, 0.29) is 53.0 Å². The summed E-state index contributed by atoms with van der Waals surface area (Å²) < 4.78 is 6.38. The van der Waals surface area contributed by atoms with E-state index < -0.39 is 6.04 Å². The van der Waals surface area contributed by atoms with Crippen molar-refractivity contribution in [1.29, 1.82) is 5.26 Å². The number of piperazine rings is 1. The van der Waals surface area contributed by atoms with E-state index in [0.717, 1.165) is 82.1 Å². The topological polar surface area (TPSA) is 151 Å². The highest BCUT2D eigenvalue weighted by Gasteiger charge is 2.64. The first kappa shape index (κ1) is 40.6. The number of nitrogens with one attached hydrogen (secondary N) is 2. The molecule has 1 unspecified atom stereocenters. The Kier molecular flexibility index (Phi) is 11.1. The first-order valence-electron chi connectivity index (χ1n) is 20.9. The van der Waals surface area contributed by atoms with Crippen LogP contribution in [0.1, 0.15) is 91.6 Å². The van der Waals surface area contributed by atoms with Crippen LogP contribution in [0.3, 0.4) is 0 Å². The monoisotopic (exact) mass is 820 g/mol. The van der Waals surface area contributed by atoms with Crippen LogP contribution in [0.25, 0.3) is 0 Å². The number of amides is 4. The minimum atomic E-state index is -0.602. The Balaban J connectivity index is 0.763. The summed E-state index contributed by atoms with van der Waals surface area (Å²) in [4.78, 5) is 64.4. The van der Waals surface area contributed by atoms with Crippen molar-refractivity contribution in [1.82, 2.24) is 25.4 Å². The molecular weight excluding hydrogens is 768 g/mol. The Morgan fingerprint density at radius 2 is 1.69 bits per heavy atom. The number of pyridine rings is 1. The molecule has 5 heterocycles. The second-order valence-electron chi connectivity index (χ2n) is 18.0. The van der Waals surface area contributed by atoms with Gasteiger partial charge in [0.2, 0.25) is 11.8 Å². The molecule has 2 aromatic carbocycles. The van der Waals surface area contributed by atoms with Crippen LogP contribution < -0.4 is 25.2 Å². The summed E-state index contributed by atoms with van der Waals surface area (Å²) in [7, 11) is 0. The third kappa shape index (κ3) is 7.97. The summed E-state index contributed by atoms with van der Waals surface area (Å²) >= 11 is 6.25. The smallest absolute Gasteiger partial charge is 0.255 e. The number of nitriles is 1. The highest BCUT2D eigenvalue weighted by Crippen LogP contribution is 2.55. The lowest BCUT2D eigenvalue weighted by molar-refractivity contribution is -0.164. The van der Waals surface area contributed by atoms with Gasteiger partial charge < -0.3 is 24.8 Å². The lowest BCUT2D eigenvalue weighted by Crippen LogP contribution is -2.74. The van der Waals surface area contributed by atoms with Crippen LogP contribution >= 0.6 is 11.6 Å². The van der Waals surface area contributed by atoms with Crippen LogP contribution in [0, 0.1) is 28.1 Å². The van der Waals surface area contributed by atoms with E-state index in [0.29, 0.717) is 46.3 Å². The molecule has 310 valence electrons. The molecule has 0 bridgehead atoms. The van der Waals surface area contributed by atoms with Gasteiger partial charge in [0.15, 0.2) is 0 Å². The predicted octanol–water partition coefficient (Wildman–Crippen LogP) is 5.41. The Morgan fingerprint density at radius 3 is 2.36 bits per heavy atom. The molecule has 4 aliphatic heterocycles. The van der Waals surface area contributed by atoms with Crippen molar-refractivity contribution in [3.63, 3.8) is 0 Å². The van der Waals surface area contributed by atoms with Gasteiger partial charge in [0.1, 0.15) is 29.8 Å². The van der Waals surface area contributed by atoms with Gasteiger partial charge in [-0.05, 0) is 80.1 Å². The third-order valence-corrected chi connectivity index (χ3v) is 13.8. The maximum atomic E-state index is 13.5. The maximum absolute atomic E-state index is 13.5. The number of fused-ring (bicyclic) bond motifs is 1. The summed E-state index contributed by atoms with van der Waals surface area (Å²) in [6, 6.07) is 16.3. The lowest BCUT2D eigenvalue weighted by Gasteiger charge is -2.63. The normalized spacial score (nSPS) is 24.2. The van der Waals surface area contributed by atoms with E-state index in [1.165, 1.54) is 0 Å². The van der Waals surface area contributed by atoms with E-state index in [2.05, 4.69) is 65.2 Å². The molecule has 4 fully saturated rings. The minimum absolute atomic E-state index is 0.135. The molecule has 3 saturated heterocycles. The number of ether oxygens (including phenoxy) is 1. The minimum Gasteiger partial charge on any atom is -0.489 e. The molecule has 2 N–H and O–H groups in total. The predicted molar refractivity (Wildman–Crippen MR) is 224 cm³/mol. The van der Waals surface area contributed by atoms with Crippen LogP contribution in [0.5, 0.6) is 5.75 Å². The fourth-order valence-corrected chi connectivity index (χ4v) is 10.5. The van der Waals surface area contributed by atoms with Crippen LogP contribution in [0.2, 0.25) is 5.02 Å². The zero-order valence-electron chi connectivity index (χ0n) is 34.3. The third-order valence-electron chi connectivity index (χ3n) is 13.5. The largest absolute Gasteiger partial charge is 0.489 e. The number of carbonyl (C=O) groups excluding carboxylic acids is 4. The fourth-order valence-electron chi connectivity index (χ4n) is 10.3. The molecule has 0 radical (unpaired) electrons. The maximum Gasteiger partial charge on any atom is 0.255 e. The summed E-state index contributed by atoms with van der Waals surface area (Å²) in [6.45, 7) is 15.4. The molecule has 1 atom stereocenters. The Morgan fingerprint density at radius 1 is 0.949 bits per heavy atom. The van der Waals surface area contributed by atoms with Gasteiger partial charge in [-0.3, -0.25) is 29.4 Å². The number of piperidine rings is 2. The van der Waals surface area contributed by atoms with Crippen molar-refractivity contribution in [2.45, 2.75) is 84.5 Å². The summed E-state index contributed by atoms with van der Waals surface area (Å²) in [6.07, 6.45) is 5.48. The SMILES string of the molecule is CC1(C)C(NC(=O)c2ccc(N3CCC(CCN4CCN(c5ccc6c(c5)C(=O)N(C5CCC(=O)NC5=O)C6)CC4)CC3)nc2)C(C)(C)C1Oc1ccc(C#N)c(Cl)c1. The standard InChI is InChI=1S/C45H53ClN8O5/c1-44(2)42(45(3,4)43(44)59-33-9-6-29(25-47)35(46)24-33)50-39(56)30-7-11-37(48-26-30)53-17-14-28(15-18-53)13-16-51-19-21-52(22-20-51)32-8-5-31-27-54(41(58)34(31)23-32)36-10-12-38(55)49-40(36)57/h5-9,11,23-24,26,28,36,42-43H,10,12-22,27H2,1-4H3,(H,50,56)(H,49,55,57). The van der Waals surface area contributed by atoms with Gasteiger partial charge in [-0.2, -0.15) is 5.26 Å². The molecule has 1 saturated carbocycles. The molecule has 14 heteroatoms. The highest BCUT2D eigenvalue weighted by atomic mass is 35.5. The van der Waals surface area contributed by atoms with Crippen molar-refractivity contribution >= 4 is 46.7 Å². The molecule has 4 amide bonds. The number of aromatic nitrogens is 1. The second kappa shape index (κ2) is 16.1. The number of anilines is 2. The first-order valence-corrected chi connectivity index (χ1v) is 21.2. The number of carbonyl (C=O) groups is 4. The van der Waals surface area contributed by atoms with Crippen LogP contribution in [0.4, 0.5) is 11.5 Å². The quantitative estimate of drug-likeness (QED) is 0.254. The first-order chi connectivity index (χ1) is 28.2. The fraction of sp³-hybridized carbons (Fsp3) is 0.511. The van der Waals surface area contributed by atoms with Crippen molar-refractivity contribution in [3.8, 4) is 11.8 Å². The Hall–Kier alpha value is -5.19. The summed E-state index contributed by atoms with van der Waals surface area (Å²) in [5, 5.41) is 15.2. The van der Waals surface area contributed by atoms with E-state index >= 15 is 0 Å². The number of rotatable bonds is 10. The van der Waals surface area contributed by atoms with Gasteiger partial charge in [0, 0.05) is 92.6 Å². The van der Waals surface area contributed by atoms with Crippen molar-refractivity contribution in [3.05, 3.63) is 82.0 Å². The molecule has 59 heavy (non-hydrogen) atoms. The number of halogens is 1. The van der Waals surface area contributed by atoms with Gasteiger partial charge in [-0.15, -0.1) is 0 Å². The summed E-state index contributed by atoms with van der Waals surface area (Å²) in [5.74, 6) is 1.19. The average molecular weight is 821 g/mol. The second-order valence-corrected chi connectivity index (χ2v) is 18.4. The van der Waals surface area contributed by atoms with Gasteiger partial charge >= 0.3 is 0 Å². The van der Waals surface area contributed by atoms with E-state index in [1.54, 1.807) is 29.3 Å². The van der Waals surface area contributed by atoms with E-state index in [9.17, 15) is 24.4 Å². The van der Waals surface area contributed by atoms with Crippen molar-refractivity contribution in [2.24, 2.45) is 16.7 Å². The van der Waals surface area contributed by atoms with Gasteiger partial charge in [0.05, 0.1) is 16.1 Å². The lowest BCUT2D eigenvalue weighted by atomic mass is 9.49. The molecule has 13 nitrogen and oxygen atoms in total.